The fourth-order valence-corrected chi connectivity index (χ4v) is 6.20. The molecule has 2 atom stereocenters. The smallest absolute Gasteiger partial charge is 0.269 e. The Bertz CT molecular complexity index is 910. The van der Waals surface area contributed by atoms with Gasteiger partial charge in [0.25, 0.3) is 21.8 Å². The highest BCUT2D eigenvalue weighted by Gasteiger charge is 2.54. The van der Waals surface area contributed by atoms with Crippen molar-refractivity contribution in [2.75, 3.05) is 19.8 Å². The predicted molar refractivity (Wildman–Crippen MR) is 92.0 cm³/mol. The van der Waals surface area contributed by atoms with Crippen molar-refractivity contribution < 1.29 is 22.4 Å². The fourth-order valence-electron chi connectivity index (χ4n) is 4.41. The highest BCUT2D eigenvalue weighted by molar-refractivity contribution is 7.90. The van der Waals surface area contributed by atoms with Gasteiger partial charge in [0.15, 0.2) is 0 Å². The first-order chi connectivity index (χ1) is 12.2. The molecule has 2 amide bonds. The number of amides is 2. The minimum atomic E-state index is -3.95. The normalized spacial score (nSPS) is 28.9. The van der Waals surface area contributed by atoms with Gasteiger partial charge in [-0.05, 0) is 50.8 Å². The standard InChI is InChI=1S/C18H21FN2O4S/c1-11(2)21-17(23)14-4-3-12(7-15(14)26(21,24)25)16(22)20-8-13-5-6-18(13,9-19)10-20/h3-4,7,11,13H,5-6,8-10H2,1-2H3/t13-,18-/m0/s1. The van der Waals surface area contributed by atoms with Crippen molar-refractivity contribution in [2.45, 2.75) is 37.6 Å². The average molecular weight is 380 g/mol. The highest BCUT2D eigenvalue weighted by Crippen LogP contribution is 2.52. The molecule has 2 aliphatic heterocycles. The van der Waals surface area contributed by atoms with E-state index >= 15 is 0 Å². The quantitative estimate of drug-likeness (QED) is 0.805. The van der Waals surface area contributed by atoms with E-state index in [2.05, 4.69) is 0 Å². The third-order valence-electron chi connectivity index (χ3n) is 6.02. The molecule has 1 saturated heterocycles. The molecule has 0 spiro atoms. The summed E-state index contributed by atoms with van der Waals surface area (Å²) in [6, 6.07) is 3.68. The van der Waals surface area contributed by atoms with E-state index < -0.39 is 34.1 Å². The van der Waals surface area contributed by atoms with Gasteiger partial charge in [0, 0.05) is 30.1 Å². The van der Waals surface area contributed by atoms with E-state index in [1.54, 1.807) is 18.7 Å². The summed E-state index contributed by atoms with van der Waals surface area (Å²) in [6.07, 6.45) is 1.71. The van der Waals surface area contributed by atoms with Gasteiger partial charge in [-0.1, -0.05) is 0 Å². The van der Waals surface area contributed by atoms with Gasteiger partial charge in [-0.15, -0.1) is 0 Å². The summed E-state index contributed by atoms with van der Waals surface area (Å²) in [5.41, 5.74) is -0.0962. The van der Waals surface area contributed by atoms with Gasteiger partial charge in [0.05, 0.1) is 12.2 Å². The number of hydrogen-bond donors (Lipinski definition) is 0. The Kier molecular flexibility index (Phi) is 3.70. The summed E-state index contributed by atoms with van der Waals surface area (Å²) >= 11 is 0. The monoisotopic (exact) mass is 380 g/mol. The lowest BCUT2D eigenvalue weighted by Crippen LogP contribution is -2.41. The van der Waals surface area contributed by atoms with Gasteiger partial charge in [0.1, 0.15) is 4.90 Å². The number of benzene rings is 1. The molecule has 1 aliphatic carbocycles. The fraction of sp³-hybridized carbons (Fsp3) is 0.556. The van der Waals surface area contributed by atoms with Crippen molar-refractivity contribution >= 4 is 21.8 Å². The minimum absolute atomic E-state index is 0.0944. The van der Waals surface area contributed by atoms with Crippen LogP contribution in [0.25, 0.3) is 0 Å². The zero-order valence-electron chi connectivity index (χ0n) is 14.7. The van der Waals surface area contributed by atoms with Crippen LogP contribution in [-0.4, -0.2) is 55.2 Å². The maximum Gasteiger partial charge on any atom is 0.269 e. The Hall–Kier alpha value is -1.96. The van der Waals surface area contributed by atoms with Crippen molar-refractivity contribution in [1.82, 2.24) is 9.21 Å². The summed E-state index contributed by atoms with van der Waals surface area (Å²) in [5, 5.41) is 0. The number of nitrogens with zero attached hydrogens (tertiary/aromatic N) is 2. The van der Waals surface area contributed by atoms with Crippen molar-refractivity contribution in [3.63, 3.8) is 0 Å². The van der Waals surface area contributed by atoms with Gasteiger partial charge in [-0.2, -0.15) is 0 Å². The Morgan fingerprint density at radius 2 is 2.12 bits per heavy atom. The first kappa shape index (κ1) is 17.5. The summed E-state index contributed by atoms with van der Waals surface area (Å²) in [6.45, 7) is 3.70. The molecule has 6 nitrogen and oxygen atoms in total. The van der Waals surface area contributed by atoms with Crippen LogP contribution in [0, 0.1) is 11.3 Å². The van der Waals surface area contributed by atoms with Crippen LogP contribution in [0.15, 0.2) is 23.1 Å². The van der Waals surface area contributed by atoms with Crippen LogP contribution in [0.4, 0.5) is 4.39 Å². The van der Waals surface area contributed by atoms with Crippen molar-refractivity contribution in [2.24, 2.45) is 11.3 Å². The van der Waals surface area contributed by atoms with Gasteiger partial charge in [-0.3, -0.25) is 14.0 Å². The van der Waals surface area contributed by atoms with Gasteiger partial charge in [0.2, 0.25) is 0 Å². The zero-order chi connectivity index (χ0) is 18.9. The molecule has 4 rings (SSSR count). The molecule has 2 heterocycles. The SMILES string of the molecule is CC(C)N1C(=O)c2ccc(C(=O)N3C[C@@H]4CC[C@]4(CF)C3)cc2S1(=O)=O. The summed E-state index contributed by atoms with van der Waals surface area (Å²) in [7, 11) is -3.95. The van der Waals surface area contributed by atoms with E-state index in [0.717, 1.165) is 17.1 Å². The molecule has 0 unspecified atom stereocenters. The Morgan fingerprint density at radius 3 is 2.65 bits per heavy atom. The van der Waals surface area contributed by atoms with Crippen LogP contribution in [0.5, 0.6) is 0 Å². The second-order valence-corrected chi connectivity index (χ2v) is 9.61. The molecule has 0 N–H and O–H groups in total. The molecule has 26 heavy (non-hydrogen) atoms. The number of hydrogen-bond acceptors (Lipinski definition) is 4. The number of carbonyl (C=O) groups is 2. The van der Waals surface area contributed by atoms with Crippen LogP contribution in [0.1, 0.15) is 47.4 Å². The van der Waals surface area contributed by atoms with Crippen molar-refractivity contribution in [3.05, 3.63) is 29.3 Å². The van der Waals surface area contributed by atoms with Crippen LogP contribution in [-0.2, 0) is 10.0 Å². The molecule has 3 aliphatic rings. The number of alkyl halides is 1. The third kappa shape index (κ3) is 2.17. The summed E-state index contributed by atoms with van der Waals surface area (Å²) in [4.78, 5) is 26.7. The van der Waals surface area contributed by atoms with E-state index in [1.807, 2.05) is 0 Å². The van der Waals surface area contributed by atoms with Gasteiger partial charge >= 0.3 is 0 Å². The molecule has 1 saturated carbocycles. The molecule has 2 fully saturated rings. The molecule has 8 heteroatoms. The van der Waals surface area contributed by atoms with Gasteiger partial charge < -0.3 is 4.90 Å². The van der Waals surface area contributed by atoms with Crippen LogP contribution < -0.4 is 0 Å². The van der Waals surface area contributed by atoms with Crippen LogP contribution in [0.2, 0.25) is 0 Å². The highest BCUT2D eigenvalue weighted by atomic mass is 32.2. The zero-order valence-corrected chi connectivity index (χ0v) is 15.6. The topological polar surface area (TPSA) is 74.8 Å². The second kappa shape index (κ2) is 5.52. The molecule has 0 aromatic heterocycles. The minimum Gasteiger partial charge on any atom is -0.338 e. The molecule has 0 bridgehead atoms. The second-order valence-electron chi connectivity index (χ2n) is 7.83. The predicted octanol–water partition coefficient (Wildman–Crippen LogP) is 2.06. The van der Waals surface area contributed by atoms with E-state index in [-0.39, 0.29) is 27.8 Å². The molecule has 1 aromatic rings. The Balaban J connectivity index is 1.66. The Labute approximate surface area is 152 Å². The van der Waals surface area contributed by atoms with E-state index in [1.165, 1.54) is 18.2 Å². The van der Waals surface area contributed by atoms with Crippen molar-refractivity contribution in [1.29, 1.82) is 0 Å². The molecule has 1 aromatic carbocycles. The molecular formula is C18H21FN2O4S. The van der Waals surface area contributed by atoms with Crippen LogP contribution >= 0.6 is 0 Å². The average Bonchev–Trinajstić information content (AvgIpc) is 2.95. The summed E-state index contributed by atoms with van der Waals surface area (Å²) in [5.74, 6) is -0.683. The Morgan fingerprint density at radius 1 is 1.38 bits per heavy atom. The lowest BCUT2D eigenvalue weighted by Gasteiger charge is -2.41. The number of fused-ring (bicyclic) bond motifs is 2. The van der Waals surface area contributed by atoms with E-state index in [9.17, 15) is 22.4 Å². The van der Waals surface area contributed by atoms with Crippen molar-refractivity contribution in [3.8, 4) is 0 Å². The van der Waals surface area contributed by atoms with E-state index in [4.69, 9.17) is 0 Å². The number of likely N-dealkylation sites (tertiary alicyclic amines) is 1. The number of halogens is 1. The molecule has 0 radical (unpaired) electrons. The number of carbonyl (C=O) groups excluding carboxylic acids is 2. The van der Waals surface area contributed by atoms with E-state index in [0.29, 0.717) is 13.1 Å². The molecular weight excluding hydrogens is 359 g/mol. The first-order valence-corrected chi connectivity index (χ1v) is 10.2. The summed E-state index contributed by atoms with van der Waals surface area (Å²) < 4.78 is 39.6. The van der Waals surface area contributed by atoms with Crippen LogP contribution in [0.3, 0.4) is 0 Å². The third-order valence-corrected chi connectivity index (χ3v) is 8.02. The number of sulfonamides is 1. The molecule has 140 valence electrons. The maximum absolute atomic E-state index is 13.4. The maximum atomic E-state index is 13.4. The van der Waals surface area contributed by atoms with Gasteiger partial charge in [-0.25, -0.2) is 12.7 Å². The first-order valence-electron chi connectivity index (χ1n) is 8.79. The lowest BCUT2D eigenvalue weighted by molar-refractivity contribution is 0.0498. The lowest BCUT2D eigenvalue weighted by atomic mass is 9.63. The largest absolute Gasteiger partial charge is 0.338 e. The number of rotatable bonds is 3.